The molecule has 3 aliphatic carbocycles. The lowest BCUT2D eigenvalue weighted by atomic mass is 9.67. The molecule has 0 aliphatic heterocycles. The minimum atomic E-state index is -0.0966. The standard InChI is InChI=1S/C14H22O/c1-10(2)8-14-7-6-12(11(3)9-14)4-5-13(14)15/h6-7,10-12H,4-5,8-9H2,1-3H3. The summed E-state index contributed by atoms with van der Waals surface area (Å²) in [5.74, 6) is 2.47. The maximum Gasteiger partial charge on any atom is 0.142 e. The molecule has 3 atom stereocenters. The van der Waals surface area contributed by atoms with Gasteiger partial charge in [0.15, 0.2) is 0 Å². The Morgan fingerprint density at radius 2 is 2.27 bits per heavy atom. The van der Waals surface area contributed by atoms with Gasteiger partial charge in [0.2, 0.25) is 0 Å². The third-order valence-corrected chi connectivity index (χ3v) is 4.11. The van der Waals surface area contributed by atoms with Crippen LogP contribution in [0, 0.1) is 23.2 Å². The second-order valence-corrected chi connectivity index (χ2v) is 5.92. The maximum atomic E-state index is 12.2. The molecule has 1 saturated carbocycles. The van der Waals surface area contributed by atoms with Crippen molar-refractivity contribution in [3.8, 4) is 0 Å². The summed E-state index contributed by atoms with van der Waals surface area (Å²) >= 11 is 0. The van der Waals surface area contributed by atoms with Crippen LogP contribution in [0.4, 0.5) is 0 Å². The van der Waals surface area contributed by atoms with E-state index in [0.29, 0.717) is 23.5 Å². The number of rotatable bonds is 2. The van der Waals surface area contributed by atoms with E-state index in [4.69, 9.17) is 0 Å². The van der Waals surface area contributed by atoms with Crippen LogP contribution in [0.5, 0.6) is 0 Å². The molecular formula is C14H22O. The van der Waals surface area contributed by atoms with Crippen LogP contribution in [0.3, 0.4) is 0 Å². The highest BCUT2D eigenvalue weighted by molar-refractivity contribution is 5.87. The van der Waals surface area contributed by atoms with Gasteiger partial charge in [-0.25, -0.2) is 0 Å². The average Bonchev–Trinajstić information content (AvgIpc) is 2.33. The Balaban J connectivity index is 2.30. The highest BCUT2D eigenvalue weighted by Gasteiger charge is 2.43. The van der Waals surface area contributed by atoms with Crippen LogP contribution in [0.1, 0.15) is 46.5 Å². The number of hydrogen-bond acceptors (Lipinski definition) is 1. The Labute approximate surface area is 92.9 Å². The molecule has 0 spiro atoms. The number of fused-ring (bicyclic) bond motifs is 3. The van der Waals surface area contributed by atoms with Crippen LogP contribution in [0.15, 0.2) is 12.2 Å². The van der Waals surface area contributed by atoms with Gasteiger partial charge >= 0.3 is 0 Å². The number of hydrogen-bond donors (Lipinski definition) is 0. The van der Waals surface area contributed by atoms with E-state index < -0.39 is 0 Å². The van der Waals surface area contributed by atoms with Crippen molar-refractivity contribution >= 4 is 5.78 Å². The van der Waals surface area contributed by atoms with E-state index in [9.17, 15) is 4.79 Å². The van der Waals surface area contributed by atoms with Crippen LogP contribution in [-0.4, -0.2) is 5.78 Å². The zero-order valence-corrected chi connectivity index (χ0v) is 10.1. The lowest BCUT2D eigenvalue weighted by molar-refractivity contribution is -0.127. The Morgan fingerprint density at radius 3 is 2.87 bits per heavy atom. The van der Waals surface area contributed by atoms with E-state index in [1.165, 1.54) is 0 Å². The minimum absolute atomic E-state index is 0.0966. The third-order valence-electron chi connectivity index (χ3n) is 4.11. The molecule has 0 amide bonds. The van der Waals surface area contributed by atoms with Crippen LogP contribution in [0.2, 0.25) is 0 Å². The first-order valence-corrected chi connectivity index (χ1v) is 6.26. The molecule has 84 valence electrons. The monoisotopic (exact) mass is 206 g/mol. The molecule has 0 saturated heterocycles. The smallest absolute Gasteiger partial charge is 0.142 e. The number of ketones is 1. The average molecular weight is 206 g/mol. The van der Waals surface area contributed by atoms with Gasteiger partial charge in [-0.2, -0.15) is 0 Å². The van der Waals surface area contributed by atoms with Crippen molar-refractivity contribution in [1.29, 1.82) is 0 Å². The van der Waals surface area contributed by atoms with Crippen molar-refractivity contribution in [2.75, 3.05) is 0 Å². The molecule has 1 nitrogen and oxygen atoms in total. The van der Waals surface area contributed by atoms with Crippen LogP contribution in [-0.2, 0) is 4.79 Å². The first kappa shape index (κ1) is 10.9. The van der Waals surface area contributed by atoms with Gasteiger partial charge < -0.3 is 0 Å². The van der Waals surface area contributed by atoms with Crippen LogP contribution < -0.4 is 0 Å². The summed E-state index contributed by atoms with van der Waals surface area (Å²) in [6, 6.07) is 0. The number of carbonyl (C=O) groups is 1. The van der Waals surface area contributed by atoms with Gasteiger partial charge in [-0.3, -0.25) is 4.79 Å². The normalized spacial score (nSPS) is 39.9. The van der Waals surface area contributed by atoms with E-state index >= 15 is 0 Å². The Kier molecular flexibility index (Phi) is 2.74. The summed E-state index contributed by atoms with van der Waals surface area (Å²) in [7, 11) is 0. The molecule has 0 N–H and O–H groups in total. The molecule has 1 heteroatoms. The molecule has 0 aromatic heterocycles. The summed E-state index contributed by atoms with van der Waals surface area (Å²) in [6.45, 7) is 6.75. The number of carbonyl (C=O) groups excluding carboxylic acids is 1. The Hall–Kier alpha value is -0.590. The predicted octanol–water partition coefficient (Wildman–Crippen LogP) is 3.59. The second kappa shape index (κ2) is 3.77. The fraction of sp³-hybridized carbons (Fsp3) is 0.786. The molecule has 0 aromatic rings. The summed E-state index contributed by atoms with van der Waals surface area (Å²) in [5, 5.41) is 0. The van der Waals surface area contributed by atoms with Crippen molar-refractivity contribution in [3.63, 3.8) is 0 Å². The lowest BCUT2D eigenvalue weighted by Crippen LogP contribution is -2.33. The molecule has 1 fully saturated rings. The first-order chi connectivity index (χ1) is 7.03. The molecular weight excluding hydrogens is 184 g/mol. The van der Waals surface area contributed by atoms with Crippen molar-refractivity contribution in [2.24, 2.45) is 23.2 Å². The van der Waals surface area contributed by atoms with Crippen molar-refractivity contribution < 1.29 is 4.79 Å². The molecule has 2 bridgehead atoms. The van der Waals surface area contributed by atoms with Crippen molar-refractivity contribution in [1.82, 2.24) is 0 Å². The van der Waals surface area contributed by atoms with Gasteiger partial charge in [-0.05, 0) is 37.0 Å². The zero-order valence-electron chi connectivity index (χ0n) is 10.1. The van der Waals surface area contributed by atoms with Crippen LogP contribution in [0.25, 0.3) is 0 Å². The fourth-order valence-electron chi connectivity index (χ4n) is 3.42. The van der Waals surface area contributed by atoms with Crippen molar-refractivity contribution in [3.05, 3.63) is 12.2 Å². The molecule has 0 heterocycles. The summed E-state index contributed by atoms with van der Waals surface area (Å²) in [6.07, 6.45) is 8.57. The lowest BCUT2D eigenvalue weighted by Gasteiger charge is -2.35. The Bertz CT molecular complexity index is 290. The molecule has 3 rings (SSSR count). The highest BCUT2D eigenvalue weighted by atomic mass is 16.1. The fourth-order valence-corrected chi connectivity index (χ4v) is 3.42. The van der Waals surface area contributed by atoms with E-state index in [1.807, 2.05) is 0 Å². The summed E-state index contributed by atoms with van der Waals surface area (Å²) < 4.78 is 0. The van der Waals surface area contributed by atoms with Gasteiger partial charge in [0.25, 0.3) is 0 Å². The molecule has 0 radical (unpaired) electrons. The molecule has 3 unspecified atom stereocenters. The molecule has 15 heavy (non-hydrogen) atoms. The Morgan fingerprint density at radius 1 is 1.53 bits per heavy atom. The van der Waals surface area contributed by atoms with Gasteiger partial charge in [0, 0.05) is 11.8 Å². The summed E-state index contributed by atoms with van der Waals surface area (Å²) in [5.41, 5.74) is -0.0966. The third kappa shape index (κ3) is 1.89. The predicted molar refractivity (Wildman–Crippen MR) is 62.5 cm³/mol. The maximum absolute atomic E-state index is 12.2. The molecule has 3 aliphatic rings. The second-order valence-electron chi connectivity index (χ2n) is 5.92. The van der Waals surface area contributed by atoms with E-state index in [2.05, 4.69) is 32.9 Å². The minimum Gasteiger partial charge on any atom is -0.299 e. The summed E-state index contributed by atoms with van der Waals surface area (Å²) in [4.78, 5) is 12.2. The van der Waals surface area contributed by atoms with E-state index in [0.717, 1.165) is 25.7 Å². The SMILES string of the molecule is CC(C)CC12C=CC(CCC1=O)C(C)C2. The first-order valence-electron chi connectivity index (χ1n) is 6.26. The van der Waals surface area contributed by atoms with Gasteiger partial charge in [0.05, 0.1) is 0 Å². The topological polar surface area (TPSA) is 17.1 Å². The van der Waals surface area contributed by atoms with Crippen LogP contribution >= 0.6 is 0 Å². The number of Topliss-reactive ketones (excluding diaryl/α,β-unsaturated/α-hetero) is 1. The van der Waals surface area contributed by atoms with E-state index in [1.54, 1.807) is 0 Å². The van der Waals surface area contributed by atoms with Gasteiger partial charge in [0.1, 0.15) is 5.78 Å². The quantitative estimate of drug-likeness (QED) is 0.631. The molecule has 0 aromatic carbocycles. The number of allylic oxidation sites excluding steroid dienone is 2. The van der Waals surface area contributed by atoms with E-state index in [-0.39, 0.29) is 5.41 Å². The largest absolute Gasteiger partial charge is 0.299 e. The zero-order chi connectivity index (χ0) is 11.1. The van der Waals surface area contributed by atoms with Gasteiger partial charge in [-0.15, -0.1) is 0 Å². The van der Waals surface area contributed by atoms with Gasteiger partial charge in [-0.1, -0.05) is 32.9 Å². The highest BCUT2D eigenvalue weighted by Crippen LogP contribution is 2.47. The van der Waals surface area contributed by atoms with Crippen molar-refractivity contribution in [2.45, 2.75) is 46.5 Å².